The molecule has 1 aliphatic heterocycles. The van der Waals surface area contributed by atoms with Gasteiger partial charge in [-0.15, -0.1) is 0 Å². The van der Waals surface area contributed by atoms with Crippen LogP contribution in [0.5, 0.6) is 5.75 Å². The number of fused-ring (bicyclic) bond motifs is 1. The number of rotatable bonds is 3. The molecule has 25 heavy (non-hydrogen) atoms. The molecule has 0 saturated carbocycles. The highest BCUT2D eigenvalue weighted by Crippen LogP contribution is 2.41. The van der Waals surface area contributed by atoms with Crippen LogP contribution in [0.15, 0.2) is 59.3 Å². The third-order valence-corrected chi connectivity index (χ3v) is 4.87. The number of hydrogen-bond donors (Lipinski definition) is 1. The Morgan fingerprint density at radius 2 is 2.04 bits per heavy atom. The molecule has 2 heterocycles. The van der Waals surface area contributed by atoms with Crippen LogP contribution in [-0.4, -0.2) is 22.6 Å². The zero-order valence-electron chi connectivity index (χ0n) is 13.6. The lowest BCUT2D eigenvalue weighted by Gasteiger charge is -2.24. The van der Waals surface area contributed by atoms with Crippen LogP contribution in [0, 0.1) is 0 Å². The molecule has 4 rings (SSSR count). The summed E-state index contributed by atoms with van der Waals surface area (Å²) in [6.45, 7) is 0. The largest absolute Gasteiger partial charge is 0.496 e. The first-order chi connectivity index (χ1) is 12.2. The molecule has 0 fully saturated rings. The summed E-state index contributed by atoms with van der Waals surface area (Å²) in [6, 6.07) is 15.7. The zero-order chi connectivity index (χ0) is 17.4. The topological polar surface area (TPSA) is 56.1 Å². The van der Waals surface area contributed by atoms with Crippen LogP contribution in [0.1, 0.15) is 23.6 Å². The second kappa shape index (κ2) is 6.37. The van der Waals surface area contributed by atoms with E-state index in [1.54, 1.807) is 13.4 Å². The van der Waals surface area contributed by atoms with E-state index in [-0.39, 0.29) is 11.8 Å². The van der Waals surface area contributed by atoms with Crippen LogP contribution in [0.3, 0.4) is 0 Å². The molecule has 0 radical (unpaired) electrons. The first kappa shape index (κ1) is 15.9. The van der Waals surface area contributed by atoms with Crippen LogP contribution in [0.4, 0.5) is 5.82 Å². The van der Waals surface area contributed by atoms with Gasteiger partial charge in [0, 0.05) is 28.1 Å². The molecule has 5 nitrogen and oxygen atoms in total. The highest BCUT2D eigenvalue weighted by atomic mass is 79.9. The molecule has 3 aromatic rings. The lowest BCUT2D eigenvalue weighted by molar-refractivity contribution is -0.116. The number of nitrogens with zero attached hydrogens (tertiary/aromatic N) is 2. The Balaban J connectivity index is 1.86. The Morgan fingerprint density at radius 1 is 1.24 bits per heavy atom. The number of benzene rings is 2. The lowest BCUT2D eigenvalue weighted by atomic mass is 9.89. The molecule has 6 heteroatoms. The van der Waals surface area contributed by atoms with Gasteiger partial charge in [-0.05, 0) is 30.3 Å². The Labute approximate surface area is 153 Å². The van der Waals surface area contributed by atoms with E-state index in [2.05, 4.69) is 26.2 Å². The monoisotopic (exact) mass is 397 g/mol. The van der Waals surface area contributed by atoms with Gasteiger partial charge in [0.1, 0.15) is 17.9 Å². The maximum absolute atomic E-state index is 12.4. The Bertz CT molecular complexity index is 937. The maximum atomic E-state index is 12.4. The Hall–Kier alpha value is -2.60. The number of amides is 1. The van der Waals surface area contributed by atoms with E-state index in [4.69, 9.17) is 4.74 Å². The molecule has 126 valence electrons. The Kier molecular flexibility index (Phi) is 4.05. The van der Waals surface area contributed by atoms with Crippen LogP contribution in [-0.2, 0) is 4.79 Å². The number of carbonyl (C=O) groups excluding carboxylic acids is 1. The first-order valence-electron chi connectivity index (χ1n) is 7.93. The van der Waals surface area contributed by atoms with E-state index in [0.29, 0.717) is 6.42 Å². The lowest BCUT2D eigenvalue weighted by Crippen LogP contribution is -2.25. The summed E-state index contributed by atoms with van der Waals surface area (Å²) in [7, 11) is 1.64. The maximum Gasteiger partial charge on any atom is 0.226 e. The molecule has 0 spiro atoms. The molecule has 1 amide bonds. The minimum Gasteiger partial charge on any atom is -0.496 e. The molecule has 0 unspecified atom stereocenters. The summed E-state index contributed by atoms with van der Waals surface area (Å²) in [6.07, 6.45) is 2.09. The van der Waals surface area contributed by atoms with Gasteiger partial charge in [-0.3, -0.25) is 9.36 Å². The van der Waals surface area contributed by atoms with Gasteiger partial charge in [0.25, 0.3) is 0 Å². The highest BCUT2D eigenvalue weighted by Gasteiger charge is 2.32. The summed E-state index contributed by atoms with van der Waals surface area (Å²) < 4.78 is 8.36. The first-order valence-corrected chi connectivity index (χ1v) is 8.72. The third-order valence-electron chi connectivity index (χ3n) is 4.37. The average Bonchev–Trinajstić information content (AvgIpc) is 3.05. The van der Waals surface area contributed by atoms with Crippen molar-refractivity contribution in [3.63, 3.8) is 0 Å². The predicted octanol–water partition coefficient (Wildman–Crippen LogP) is 4.12. The third kappa shape index (κ3) is 2.82. The zero-order valence-corrected chi connectivity index (χ0v) is 15.2. The van der Waals surface area contributed by atoms with E-state index in [0.717, 1.165) is 33.0 Å². The molecular formula is C19H16BrN3O2. The van der Waals surface area contributed by atoms with E-state index in [1.165, 1.54) is 0 Å². The van der Waals surface area contributed by atoms with Crippen molar-refractivity contribution >= 4 is 27.7 Å². The number of nitrogens with one attached hydrogen (secondary N) is 1. The van der Waals surface area contributed by atoms with Gasteiger partial charge in [-0.25, -0.2) is 4.98 Å². The summed E-state index contributed by atoms with van der Waals surface area (Å²) in [5.74, 6) is 1.29. The molecule has 1 atom stereocenters. The smallest absolute Gasteiger partial charge is 0.226 e. The standard InChI is InChI=1S/C19H16BrN3O2/c1-25-16-8-7-12(20)9-14(16)15-10-17(24)22-19-18(15)21-11-23(19)13-5-3-2-4-6-13/h2-9,11,15H,10H2,1H3,(H,22,24)/t15-/m0/s1. The number of aromatic nitrogens is 2. The van der Waals surface area contributed by atoms with Gasteiger partial charge < -0.3 is 10.1 Å². The molecule has 1 aromatic heterocycles. The van der Waals surface area contributed by atoms with Crippen molar-refractivity contribution in [2.45, 2.75) is 12.3 Å². The summed E-state index contributed by atoms with van der Waals surface area (Å²) in [5.41, 5.74) is 2.75. The quantitative estimate of drug-likeness (QED) is 0.722. The minimum atomic E-state index is -0.152. The molecule has 0 bridgehead atoms. The second-order valence-corrected chi connectivity index (χ2v) is 6.79. The Morgan fingerprint density at radius 3 is 2.80 bits per heavy atom. The van der Waals surface area contributed by atoms with Crippen LogP contribution in [0.2, 0.25) is 0 Å². The van der Waals surface area contributed by atoms with Crippen molar-refractivity contribution in [3.8, 4) is 11.4 Å². The van der Waals surface area contributed by atoms with Gasteiger partial charge >= 0.3 is 0 Å². The van der Waals surface area contributed by atoms with Gasteiger partial charge in [-0.2, -0.15) is 0 Å². The molecule has 2 aromatic carbocycles. The number of carbonyl (C=O) groups is 1. The van der Waals surface area contributed by atoms with Crippen molar-refractivity contribution in [1.29, 1.82) is 0 Å². The van der Waals surface area contributed by atoms with E-state index < -0.39 is 0 Å². The average molecular weight is 398 g/mol. The predicted molar refractivity (Wildman–Crippen MR) is 99.3 cm³/mol. The summed E-state index contributed by atoms with van der Waals surface area (Å²) in [5, 5.41) is 2.97. The van der Waals surface area contributed by atoms with Crippen molar-refractivity contribution < 1.29 is 9.53 Å². The van der Waals surface area contributed by atoms with E-state index in [9.17, 15) is 4.79 Å². The number of methoxy groups -OCH3 is 1. The minimum absolute atomic E-state index is 0.0304. The van der Waals surface area contributed by atoms with E-state index >= 15 is 0 Å². The number of anilines is 1. The number of imidazole rings is 1. The molecule has 0 saturated heterocycles. The number of ether oxygens (including phenoxy) is 1. The van der Waals surface area contributed by atoms with E-state index in [1.807, 2.05) is 53.1 Å². The molecule has 0 aliphatic carbocycles. The SMILES string of the molecule is COc1ccc(Br)cc1[C@@H]1CC(=O)Nc2c1ncn2-c1ccccc1. The van der Waals surface area contributed by atoms with Crippen LogP contribution < -0.4 is 10.1 Å². The summed E-state index contributed by atoms with van der Waals surface area (Å²) in [4.78, 5) is 17.0. The summed E-state index contributed by atoms with van der Waals surface area (Å²) >= 11 is 3.51. The van der Waals surface area contributed by atoms with Gasteiger partial charge in [0.05, 0.1) is 12.8 Å². The fraction of sp³-hybridized carbons (Fsp3) is 0.158. The fourth-order valence-corrected chi connectivity index (χ4v) is 3.60. The number of para-hydroxylation sites is 1. The fourth-order valence-electron chi connectivity index (χ4n) is 3.23. The number of hydrogen-bond acceptors (Lipinski definition) is 3. The number of halogens is 1. The highest BCUT2D eigenvalue weighted by molar-refractivity contribution is 9.10. The van der Waals surface area contributed by atoms with Crippen molar-refractivity contribution in [2.24, 2.45) is 0 Å². The normalized spacial score (nSPS) is 16.2. The van der Waals surface area contributed by atoms with Gasteiger partial charge in [0.15, 0.2) is 0 Å². The van der Waals surface area contributed by atoms with Crippen molar-refractivity contribution in [2.75, 3.05) is 12.4 Å². The molecule has 1 aliphatic rings. The second-order valence-electron chi connectivity index (χ2n) is 5.88. The van der Waals surface area contributed by atoms with Crippen molar-refractivity contribution in [3.05, 3.63) is 70.6 Å². The van der Waals surface area contributed by atoms with Crippen molar-refractivity contribution in [1.82, 2.24) is 9.55 Å². The van der Waals surface area contributed by atoms with Crippen LogP contribution in [0.25, 0.3) is 5.69 Å². The van der Waals surface area contributed by atoms with Crippen LogP contribution >= 0.6 is 15.9 Å². The molecule has 1 N–H and O–H groups in total. The van der Waals surface area contributed by atoms with Gasteiger partial charge in [0.2, 0.25) is 5.91 Å². The molecular weight excluding hydrogens is 382 g/mol. The van der Waals surface area contributed by atoms with Gasteiger partial charge in [-0.1, -0.05) is 34.1 Å².